The molecule has 9 nitrogen and oxygen atoms in total. The Morgan fingerprint density at radius 2 is 2.25 bits per heavy atom. The monoisotopic (exact) mass is 305 g/mol. The van der Waals surface area contributed by atoms with Crippen LogP contribution >= 0.6 is 0 Å². The van der Waals surface area contributed by atoms with E-state index < -0.39 is 26.9 Å². The molecule has 20 heavy (non-hydrogen) atoms. The van der Waals surface area contributed by atoms with Crippen LogP contribution in [0.5, 0.6) is 0 Å². The third-order valence-corrected chi connectivity index (χ3v) is 3.79. The molecule has 10 heteroatoms. The number of hydrogen-bond acceptors (Lipinski definition) is 7. The number of nitrogens with zero attached hydrogens (tertiary/aromatic N) is 2. The number of sulfonamides is 1. The molecule has 0 saturated carbocycles. The lowest BCUT2D eigenvalue weighted by Crippen LogP contribution is -2.28. The highest BCUT2D eigenvalue weighted by Crippen LogP contribution is 2.12. The first-order valence-electron chi connectivity index (χ1n) is 5.64. The van der Waals surface area contributed by atoms with Crippen LogP contribution in [0.25, 0.3) is 0 Å². The van der Waals surface area contributed by atoms with Gasteiger partial charge in [0, 0.05) is 19.7 Å². The average molecular weight is 305 g/mol. The van der Waals surface area contributed by atoms with E-state index in [1.807, 2.05) is 0 Å². The summed E-state index contributed by atoms with van der Waals surface area (Å²) in [5.41, 5.74) is 0. The summed E-state index contributed by atoms with van der Waals surface area (Å²) >= 11 is 0. The van der Waals surface area contributed by atoms with Crippen molar-refractivity contribution in [2.45, 2.75) is 17.4 Å². The molecule has 0 spiro atoms. The Morgan fingerprint density at radius 1 is 1.55 bits per heavy atom. The molecule has 112 valence electrons. The minimum atomic E-state index is -3.80. The van der Waals surface area contributed by atoms with Crippen LogP contribution < -0.4 is 4.72 Å². The van der Waals surface area contributed by atoms with Crippen LogP contribution in [0, 0.1) is 10.1 Å². The van der Waals surface area contributed by atoms with E-state index in [9.17, 15) is 23.6 Å². The normalized spacial score (nSPS) is 13.1. The molecule has 0 aliphatic carbocycles. The fraction of sp³-hybridized carbons (Fsp3) is 0.500. The van der Waals surface area contributed by atoms with Crippen molar-refractivity contribution < 1.29 is 23.2 Å². The van der Waals surface area contributed by atoms with Gasteiger partial charge in [-0.2, -0.15) is 0 Å². The molecule has 2 N–H and O–H groups in total. The third-order valence-electron chi connectivity index (χ3n) is 2.35. The lowest BCUT2D eigenvalue weighted by molar-refractivity contribution is -0.389. The second kappa shape index (κ2) is 7.24. The number of nitro groups is 1. The number of ether oxygens (including phenoxy) is 1. The van der Waals surface area contributed by atoms with Crippen LogP contribution in [0.2, 0.25) is 0 Å². The number of aliphatic hydroxyl groups excluding tert-OH is 1. The van der Waals surface area contributed by atoms with Crippen molar-refractivity contribution in [3.63, 3.8) is 0 Å². The average Bonchev–Trinajstić information content (AvgIpc) is 2.39. The first-order chi connectivity index (χ1) is 9.36. The Labute approximate surface area is 115 Å². The zero-order chi connectivity index (χ0) is 15.2. The number of aromatic nitrogens is 1. The van der Waals surface area contributed by atoms with Crippen LogP contribution in [-0.2, 0) is 14.8 Å². The molecule has 0 aliphatic rings. The van der Waals surface area contributed by atoms with E-state index >= 15 is 0 Å². The molecule has 1 aromatic rings. The second-order valence-corrected chi connectivity index (χ2v) is 5.67. The molecule has 0 radical (unpaired) electrons. The molecule has 0 aromatic carbocycles. The number of methoxy groups -OCH3 is 1. The number of pyridine rings is 1. The first-order valence-corrected chi connectivity index (χ1v) is 7.12. The molecule has 0 amide bonds. The van der Waals surface area contributed by atoms with Gasteiger partial charge in [0.05, 0.1) is 12.7 Å². The summed E-state index contributed by atoms with van der Waals surface area (Å²) in [6, 6.07) is 2.10. The maximum atomic E-state index is 11.8. The van der Waals surface area contributed by atoms with Gasteiger partial charge < -0.3 is 20.0 Å². The molecule has 0 bridgehead atoms. The summed E-state index contributed by atoms with van der Waals surface area (Å²) in [5, 5.41) is 19.8. The fourth-order valence-electron chi connectivity index (χ4n) is 1.36. The molecule has 0 aliphatic heterocycles. The number of hydrogen-bond donors (Lipinski definition) is 2. The summed E-state index contributed by atoms with van der Waals surface area (Å²) in [7, 11) is -2.37. The molecule has 0 saturated heterocycles. The van der Waals surface area contributed by atoms with Crippen LogP contribution in [0.3, 0.4) is 0 Å². The molecular formula is C10H15N3O6S. The topological polar surface area (TPSA) is 132 Å². The van der Waals surface area contributed by atoms with Gasteiger partial charge in [-0.15, -0.1) is 0 Å². The zero-order valence-electron chi connectivity index (χ0n) is 10.7. The van der Waals surface area contributed by atoms with Crippen LogP contribution in [0.15, 0.2) is 23.2 Å². The van der Waals surface area contributed by atoms with Gasteiger partial charge in [0.25, 0.3) is 0 Å². The lowest BCUT2D eigenvalue weighted by atomic mass is 10.3. The van der Waals surface area contributed by atoms with Crippen LogP contribution in [0.4, 0.5) is 5.82 Å². The van der Waals surface area contributed by atoms with Gasteiger partial charge in [0.15, 0.2) is 6.20 Å². The standard InChI is InChI=1S/C10H15N3O6S/c1-19-7-8(14)4-5-12-20(17,18)9-2-3-10(11-6-9)13(15)16/h2-3,6,8,12,14H,4-5,7H2,1H3. The van der Waals surface area contributed by atoms with E-state index in [0.29, 0.717) is 0 Å². The van der Waals surface area contributed by atoms with Crippen LogP contribution in [-0.4, -0.2) is 49.8 Å². The van der Waals surface area contributed by atoms with E-state index in [1.54, 1.807) is 0 Å². The maximum absolute atomic E-state index is 11.8. The first kappa shape index (κ1) is 16.4. The van der Waals surface area contributed by atoms with Crippen molar-refractivity contribution in [1.82, 2.24) is 9.71 Å². The molecule has 0 fully saturated rings. The van der Waals surface area contributed by atoms with E-state index in [2.05, 4.69) is 9.71 Å². The van der Waals surface area contributed by atoms with Crippen molar-refractivity contribution in [3.8, 4) is 0 Å². The predicted molar refractivity (Wildman–Crippen MR) is 68.6 cm³/mol. The van der Waals surface area contributed by atoms with Gasteiger partial charge in [-0.1, -0.05) is 0 Å². The summed E-state index contributed by atoms with van der Waals surface area (Å²) < 4.78 is 30.6. The van der Waals surface area contributed by atoms with E-state index in [4.69, 9.17) is 4.74 Å². The Hall–Kier alpha value is -1.62. The van der Waals surface area contributed by atoms with Crippen molar-refractivity contribution in [2.24, 2.45) is 0 Å². The lowest BCUT2D eigenvalue weighted by Gasteiger charge is -2.10. The highest BCUT2D eigenvalue weighted by atomic mass is 32.2. The minimum absolute atomic E-state index is 0.0177. The SMILES string of the molecule is COCC(O)CCNS(=O)(=O)c1ccc([N+](=O)[O-])nc1. The third kappa shape index (κ3) is 4.81. The van der Waals surface area contributed by atoms with Crippen LogP contribution in [0.1, 0.15) is 6.42 Å². The molecule has 1 rings (SSSR count). The van der Waals surface area contributed by atoms with E-state index in [0.717, 1.165) is 18.3 Å². The molecule has 1 aromatic heterocycles. The van der Waals surface area contributed by atoms with Gasteiger partial charge in [0.2, 0.25) is 10.0 Å². The zero-order valence-corrected chi connectivity index (χ0v) is 11.5. The molecular weight excluding hydrogens is 290 g/mol. The van der Waals surface area contributed by atoms with Gasteiger partial charge in [-0.25, -0.2) is 13.1 Å². The van der Waals surface area contributed by atoms with Gasteiger partial charge in [-0.3, -0.25) is 0 Å². The fourth-order valence-corrected chi connectivity index (χ4v) is 2.35. The summed E-state index contributed by atoms with van der Waals surface area (Å²) in [4.78, 5) is 12.9. The summed E-state index contributed by atoms with van der Waals surface area (Å²) in [5.74, 6) is -0.431. The van der Waals surface area contributed by atoms with Gasteiger partial charge in [-0.05, 0) is 22.4 Å². The second-order valence-electron chi connectivity index (χ2n) is 3.90. The number of nitrogens with one attached hydrogen (secondary N) is 1. The number of rotatable bonds is 8. The van der Waals surface area contributed by atoms with Crippen molar-refractivity contribution in [1.29, 1.82) is 0 Å². The van der Waals surface area contributed by atoms with E-state index in [-0.39, 0.29) is 24.5 Å². The smallest absolute Gasteiger partial charge is 0.363 e. The van der Waals surface area contributed by atoms with E-state index in [1.165, 1.54) is 7.11 Å². The largest absolute Gasteiger partial charge is 0.391 e. The number of aliphatic hydroxyl groups is 1. The maximum Gasteiger partial charge on any atom is 0.363 e. The summed E-state index contributed by atoms with van der Waals surface area (Å²) in [6.07, 6.45) is 0.331. The Balaban J connectivity index is 2.62. The highest BCUT2D eigenvalue weighted by Gasteiger charge is 2.18. The van der Waals surface area contributed by atoms with Gasteiger partial charge >= 0.3 is 5.82 Å². The molecule has 1 atom stereocenters. The van der Waals surface area contributed by atoms with Crippen molar-refractivity contribution >= 4 is 15.8 Å². The Bertz CT molecular complexity index is 545. The Morgan fingerprint density at radius 3 is 2.75 bits per heavy atom. The predicted octanol–water partition coefficient (Wildman–Crippen LogP) is -0.335. The molecule has 1 heterocycles. The van der Waals surface area contributed by atoms with Crippen molar-refractivity contribution in [3.05, 3.63) is 28.4 Å². The summed E-state index contributed by atoms with van der Waals surface area (Å²) in [6.45, 7) is 0.130. The quantitative estimate of drug-likeness (QED) is 0.496. The molecule has 1 unspecified atom stereocenters. The van der Waals surface area contributed by atoms with Gasteiger partial charge in [0.1, 0.15) is 4.90 Å². The minimum Gasteiger partial charge on any atom is -0.391 e. The van der Waals surface area contributed by atoms with Crippen molar-refractivity contribution in [2.75, 3.05) is 20.3 Å². The highest BCUT2D eigenvalue weighted by molar-refractivity contribution is 7.89. The Kier molecular flexibility index (Phi) is 5.95.